The van der Waals surface area contributed by atoms with E-state index in [0.717, 1.165) is 38.5 Å². The van der Waals surface area contributed by atoms with E-state index in [4.69, 9.17) is 6.42 Å². The number of carbonyl (C=O) groups is 1. The highest BCUT2D eigenvalue weighted by molar-refractivity contribution is 5.79. The monoisotopic (exact) mass is 312 g/mol. The zero-order chi connectivity index (χ0) is 16.5. The van der Waals surface area contributed by atoms with Gasteiger partial charge in [0, 0.05) is 18.3 Å². The van der Waals surface area contributed by atoms with Gasteiger partial charge in [-0.15, -0.1) is 6.42 Å². The molecule has 3 saturated carbocycles. The van der Waals surface area contributed by atoms with Gasteiger partial charge in [0.15, 0.2) is 0 Å². The molecule has 0 spiro atoms. The summed E-state index contributed by atoms with van der Waals surface area (Å²) in [6.07, 6.45) is 16.9. The van der Waals surface area contributed by atoms with E-state index in [9.17, 15) is 9.90 Å². The normalized spacial score (nSPS) is 54.8. The van der Waals surface area contributed by atoms with Crippen molar-refractivity contribution in [2.75, 3.05) is 0 Å². The third kappa shape index (κ3) is 1.84. The van der Waals surface area contributed by atoms with Crippen LogP contribution in [0.2, 0.25) is 0 Å². The first-order valence-corrected chi connectivity index (χ1v) is 9.25. The second-order valence-electron chi connectivity index (χ2n) is 9.05. The molecular weight excluding hydrogens is 284 g/mol. The summed E-state index contributed by atoms with van der Waals surface area (Å²) in [7, 11) is 0. The summed E-state index contributed by atoms with van der Waals surface area (Å²) in [5, 5.41) is 10.9. The fourth-order valence-corrected chi connectivity index (χ4v) is 6.74. The molecule has 0 heterocycles. The lowest BCUT2D eigenvalue weighted by Gasteiger charge is -2.60. The first-order valence-electron chi connectivity index (χ1n) is 9.25. The van der Waals surface area contributed by atoms with Crippen molar-refractivity contribution >= 4 is 5.78 Å². The molecule has 3 fully saturated rings. The Morgan fingerprint density at radius 1 is 1.26 bits per heavy atom. The zero-order valence-corrected chi connectivity index (χ0v) is 14.3. The summed E-state index contributed by atoms with van der Waals surface area (Å²) in [4.78, 5) is 11.9. The lowest BCUT2D eigenvalue weighted by atomic mass is 9.44. The number of fused-ring (bicyclic) bond motifs is 5. The van der Waals surface area contributed by atoms with Gasteiger partial charge in [0.1, 0.15) is 11.4 Å². The Balaban J connectivity index is 1.67. The third-order valence-corrected chi connectivity index (χ3v) is 8.37. The Bertz CT molecular complexity index is 614. The second kappa shape index (κ2) is 4.73. The zero-order valence-electron chi connectivity index (χ0n) is 14.3. The molecule has 0 bridgehead atoms. The average molecular weight is 312 g/mol. The highest BCUT2D eigenvalue weighted by Crippen LogP contribution is 2.66. The third-order valence-electron chi connectivity index (χ3n) is 8.37. The first kappa shape index (κ1) is 15.5. The van der Waals surface area contributed by atoms with Crippen LogP contribution in [0.1, 0.15) is 58.8 Å². The number of carbonyl (C=O) groups excluding carboxylic acids is 1. The minimum absolute atomic E-state index is 0.212. The van der Waals surface area contributed by atoms with Gasteiger partial charge in [-0.25, -0.2) is 0 Å². The average Bonchev–Trinajstić information content (AvgIpc) is 2.80. The molecular formula is C21H28O2. The molecule has 7 atom stereocenters. The van der Waals surface area contributed by atoms with Crippen LogP contribution in [0.4, 0.5) is 0 Å². The largest absolute Gasteiger partial charge is 0.373 e. The minimum atomic E-state index is -1.08. The van der Waals surface area contributed by atoms with Crippen molar-refractivity contribution in [3.8, 4) is 12.3 Å². The summed E-state index contributed by atoms with van der Waals surface area (Å²) >= 11 is 0. The van der Waals surface area contributed by atoms with Crippen LogP contribution < -0.4 is 0 Å². The van der Waals surface area contributed by atoms with E-state index >= 15 is 0 Å². The van der Waals surface area contributed by atoms with Crippen molar-refractivity contribution < 1.29 is 9.90 Å². The molecule has 4 aliphatic rings. The van der Waals surface area contributed by atoms with Crippen LogP contribution in [0, 0.1) is 46.8 Å². The van der Waals surface area contributed by atoms with Crippen molar-refractivity contribution in [1.29, 1.82) is 0 Å². The van der Waals surface area contributed by atoms with Gasteiger partial charge in [0.05, 0.1) is 0 Å². The summed E-state index contributed by atoms with van der Waals surface area (Å²) in [6, 6.07) is 0. The number of allylic oxidation sites excluding steroid dienone is 1. The van der Waals surface area contributed by atoms with E-state index in [1.165, 1.54) is 6.42 Å². The fourth-order valence-electron chi connectivity index (χ4n) is 6.74. The lowest BCUT2D eigenvalue weighted by Crippen LogP contribution is -2.56. The molecule has 0 aliphatic heterocycles. The number of rotatable bonds is 0. The van der Waals surface area contributed by atoms with Gasteiger partial charge in [0.25, 0.3) is 0 Å². The maximum Gasteiger partial charge on any atom is 0.149 e. The van der Waals surface area contributed by atoms with E-state index in [-0.39, 0.29) is 5.41 Å². The SMILES string of the molecule is C#C[C@@]1(O)C=C[C@H]2[C@@H]3CCC4CC(=O)CC[C@]4(C)[C@H]3CC[C@@]21C. The molecule has 1 unspecified atom stereocenters. The number of aliphatic hydroxyl groups is 1. The molecule has 124 valence electrons. The number of Topliss-reactive ketones (excluding diaryl/α,β-unsaturated/α-hetero) is 1. The summed E-state index contributed by atoms with van der Waals surface area (Å²) in [5.74, 6) is 5.39. The number of terminal acetylenes is 1. The van der Waals surface area contributed by atoms with Crippen LogP contribution in [0.5, 0.6) is 0 Å². The Hall–Kier alpha value is -1.07. The number of hydrogen-bond donors (Lipinski definition) is 1. The molecule has 0 saturated heterocycles. The van der Waals surface area contributed by atoms with Crippen LogP contribution in [0.15, 0.2) is 12.2 Å². The van der Waals surface area contributed by atoms with Crippen LogP contribution >= 0.6 is 0 Å². The van der Waals surface area contributed by atoms with Crippen LogP contribution in [-0.2, 0) is 4.79 Å². The van der Waals surface area contributed by atoms with Gasteiger partial charge in [-0.2, -0.15) is 0 Å². The molecule has 2 heteroatoms. The molecule has 0 radical (unpaired) electrons. The molecule has 0 aromatic rings. The first-order chi connectivity index (χ1) is 10.8. The van der Waals surface area contributed by atoms with Gasteiger partial charge < -0.3 is 5.11 Å². The standard InChI is InChI=1S/C21H28O2/c1-4-21(23)12-9-18-16-6-5-14-13-15(22)7-10-19(14,2)17(16)8-11-20(18,21)3/h1,9,12,14,16-18,23H,5-8,10-11,13H2,2-3H3/t14?,16-,17+,18+,19+,20+,21-/m1/s1. The summed E-state index contributed by atoms with van der Waals surface area (Å²) in [5.41, 5.74) is -0.984. The van der Waals surface area contributed by atoms with Crippen molar-refractivity contribution in [2.24, 2.45) is 34.5 Å². The molecule has 0 aromatic carbocycles. The van der Waals surface area contributed by atoms with E-state index in [1.54, 1.807) is 0 Å². The van der Waals surface area contributed by atoms with Gasteiger partial charge in [0.2, 0.25) is 0 Å². The Labute approximate surface area is 139 Å². The van der Waals surface area contributed by atoms with Crippen LogP contribution in [0.25, 0.3) is 0 Å². The highest BCUT2D eigenvalue weighted by Gasteiger charge is 2.62. The fraction of sp³-hybridized carbons (Fsp3) is 0.762. The van der Waals surface area contributed by atoms with E-state index in [0.29, 0.717) is 34.9 Å². The molecule has 23 heavy (non-hydrogen) atoms. The molecule has 4 rings (SSSR count). The summed E-state index contributed by atoms with van der Waals surface area (Å²) in [6.45, 7) is 4.63. The Morgan fingerprint density at radius 3 is 2.78 bits per heavy atom. The summed E-state index contributed by atoms with van der Waals surface area (Å²) < 4.78 is 0. The Kier molecular flexibility index (Phi) is 3.18. The van der Waals surface area contributed by atoms with Crippen molar-refractivity contribution in [3.05, 3.63) is 12.2 Å². The molecule has 0 aromatic heterocycles. The molecule has 1 N–H and O–H groups in total. The van der Waals surface area contributed by atoms with E-state index in [2.05, 4.69) is 25.8 Å². The maximum absolute atomic E-state index is 11.9. The molecule has 0 amide bonds. The smallest absolute Gasteiger partial charge is 0.149 e. The van der Waals surface area contributed by atoms with Crippen LogP contribution in [0.3, 0.4) is 0 Å². The number of hydrogen-bond acceptors (Lipinski definition) is 2. The maximum atomic E-state index is 11.9. The van der Waals surface area contributed by atoms with Gasteiger partial charge >= 0.3 is 0 Å². The van der Waals surface area contributed by atoms with Crippen molar-refractivity contribution in [1.82, 2.24) is 0 Å². The van der Waals surface area contributed by atoms with E-state index in [1.807, 2.05) is 6.08 Å². The highest BCUT2D eigenvalue weighted by atomic mass is 16.3. The van der Waals surface area contributed by atoms with Crippen molar-refractivity contribution in [2.45, 2.75) is 64.4 Å². The molecule has 4 aliphatic carbocycles. The van der Waals surface area contributed by atoms with Gasteiger partial charge in [-0.1, -0.05) is 25.8 Å². The number of ketones is 1. The molecule has 2 nitrogen and oxygen atoms in total. The predicted molar refractivity (Wildman–Crippen MR) is 90.4 cm³/mol. The Morgan fingerprint density at radius 2 is 2.04 bits per heavy atom. The topological polar surface area (TPSA) is 37.3 Å². The van der Waals surface area contributed by atoms with E-state index < -0.39 is 5.60 Å². The second-order valence-corrected chi connectivity index (χ2v) is 9.05. The van der Waals surface area contributed by atoms with Gasteiger partial charge in [-0.3, -0.25) is 4.79 Å². The van der Waals surface area contributed by atoms with Crippen molar-refractivity contribution in [3.63, 3.8) is 0 Å². The minimum Gasteiger partial charge on any atom is -0.373 e. The van der Waals surface area contributed by atoms with Crippen LogP contribution in [-0.4, -0.2) is 16.5 Å². The quantitative estimate of drug-likeness (QED) is 0.546. The predicted octanol–water partition coefficient (Wildman–Crippen LogP) is 3.74. The lowest BCUT2D eigenvalue weighted by molar-refractivity contribution is -0.144. The van der Waals surface area contributed by atoms with Gasteiger partial charge in [-0.05, 0) is 67.3 Å².